The third-order valence-electron chi connectivity index (χ3n) is 4.18. The van der Waals surface area contributed by atoms with Crippen molar-refractivity contribution in [3.63, 3.8) is 0 Å². The number of H-pyrrole nitrogens is 1. The highest BCUT2D eigenvalue weighted by Crippen LogP contribution is 2.22. The molecule has 4 heterocycles. The van der Waals surface area contributed by atoms with E-state index in [0.717, 1.165) is 41.5 Å². The first-order chi connectivity index (χ1) is 12.3. The summed E-state index contributed by atoms with van der Waals surface area (Å²) in [6, 6.07) is 11.9. The standard InChI is InChI=1S/C18H20N6O/c1-2-5-15(18-23-22-17-6-3-4-11-24(17)18)19-12-13-7-8-16(25-13)14-9-10-20-21-14/h3-4,6-11,15,19H,2,5,12H2,1H3,(H,20,21). The zero-order chi connectivity index (χ0) is 17.1. The number of pyridine rings is 1. The molecule has 128 valence electrons. The molecule has 4 rings (SSSR count). The van der Waals surface area contributed by atoms with Gasteiger partial charge in [0.25, 0.3) is 0 Å². The van der Waals surface area contributed by atoms with Crippen molar-refractivity contribution in [2.24, 2.45) is 0 Å². The summed E-state index contributed by atoms with van der Waals surface area (Å²) in [6.45, 7) is 2.79. The van der Waals surface area contributed by atoms with E-state index in [1.807, 2.05) is 47.0 Å². The van der Waals surface area contributed by atoms with Crippen molar-refractivity contribution < 1.29 is 4.42 Å². The van der Waals surface area contributed by atoms with Crippen LogP contribution in [0.2, 0.25) is 0 Å². The highest BCUT2D eigenvalue weighted by atomic mass is 16.3. The Kier molecular flexibility index (Phi) is 4.30. The molecule has 0 fully saturated rings. The van der Waals surface area contributed by atoms with Gasteiger partial charge >= 0.3 is 0 Å². The van der Waals surface area contributed by atoms with Gasteiger partial charge in [-0.3, -0.25) is 9.50 Å². The molecular formula is C18H20N6O. The van der Waals surface area contributed by atoms with Gasteiger partial charge in [0.1, 0.15) is 11.5 Å². The van der Waals surface area contributed by atoms with E-state index in [2.05, 4.69) is 32.6 Å². The fourth-order valence-corrected chi connectivity index (χ4v) is 2.94. The van der Waals surface area contributed by atoms with E-state index in [4.69, 9.17) is 4.42 Å². The largest absolute Gasteiger partial charge is 0.458 e. The maximum atomic E-state index is 5.88. The number of furan rings is 1. The molecule has 0 aromatic carbocycles. The fraction of sp³-hybridized carbons (Fsp3) is 0.278. The number of rotatable bonds is 7. The van der Waals surface area contributed by atoms with E-state index < -0.39 is 0 Å². The van der Waals surface area contributed by atoms with Crippen LogP contribution in [-0.2, 0) is 6.54 Å². The Morgan fingerprint density at radius 2 is 2.16 bits per heavy atom. The lowest BCUT2D eigenvalue weighted by Gasteiger charge is -2.15. The highest BCUT2D eigenvalue weighted by Gasteiger charge is 2.17. The van der Waals surface area contributed by atoms with Crippen molar-refractivity contribution in [3.8, 4) is 11.5 Å². The number of fused-ring (bicyclic) bond motifs is 1. The van der Waals surface area contributed by atoms with Gasteiger partial charge in [0.15, 0.2) is 17.2 Å². The first-order valence-electron chi connectivity index (χ1n) is 8.46. The normalized spacial score (nSPS) is 12.7. The smallest absolute Gasteiger partial charge is 0.160 e. The summed E-state index contributed by atoms with van der Waals surface area (Å²) in [5.74, 6) is 2.59. The van der Waals surface area contributed by atoms with E-state index in [1.54, 1.807) is 6.20 Å². The molecule has 4 aromatic rings. The molecule has 0 aliphatic rings. The van der Waals surface area contributed by atoms with Crippen LogP contribution in [0.5, 0.6) is 0 Å². The van der Waals surface area contributed by atoms with E-state index >= 15 is 0 Å². The maximum Gasteiger partial charge on any atom is 0.160 e. The molecule has 1 unspecified atom stereocenters. The first kappa shape index (κ1) is 15.6. The summed E-state index contributed by atoms with van der Waals surface area (Å²) in [6.07, 6.45) is 5.74. The van der Waals surface area contributed by atoms with E-state index in [-0.39, 0.29) is 6.04 Å². The Balaban J connectivity index is 1.51. The minimum atomic E-state index is 0.114. The van der Waals surface area contributed by atoms with E-state index in [9.17, 15) is 0 Å². The maximum absolute atomic E-state index is 5.88. The number of nitrogens with zero attached hydrogens (tertiary/aromatic N) is 4. The second-order valence-corrected chi connectivity index (χ2v) is 5.95. The predicted molar refractivity (Wildman–Crippen MR) is 93.8 cm³/mol. The predicted octanol–water partition coefficient (Wildman–Crippen LogP) is 3.34. The number of nitrogens with one attached hydrogen (secondary N) is 2. The Bertz CT molecular complexity index is 939. The second-order valence-electron chi connectivity index (χ2n) is 5.95. The fourth-order valence-electron chi connectivity index (χ4n) is 2.94. The van der Waals surface area contributed by atoms with Crippen LogP contribution in [0.3, 0.4) is 0 Å². The van der Waals surface area contributed by atoms with Crippen LogP contribution in [0, 0.1) is 0 Å². The molecule has 0 saturated carbocycles. The highest BCUT2D eigenvalue weighted by molar-refractivity contribution is 5.51. The summed E-state index contributed by atoms with van der Waals surface area (Å²) in [7, 11) is 0. The lowest BCUT2D eigenvalue weighted by molar-refractivity contribution is 0.424. The molecule has 0 bridgehead atoms. The van der Waals surface area contributed by atoms with Gasteiger partial charge in [-0.15, -0.1) is 10.2 Å². The van der Waals surface area contributed by atoms with Gasteiger partial charge in [0, 0.05) is 12.4 Å². The zero-order valence-corrected chi connectivity index (χ0v) is 14.0. The van der Waals surface area contributed by atoms with Gasteiger partial charge in [0.2, 0.25) is 0 Å². The average molecular weight is 336 g/mol. The van der Waals surface area contributed by atoms with Crippen LogP contribution in [-0.4, -0.2) is 24.8 Å². The Labute approximate surface area is 145 Å². The Morgan fingerprint density at radius 3 is 3.00 bits per heavy atom. The van der Waals surface area contributed by atoms with E-state index in [1.165, 1.54) is 0 Å². The van der Waals surface area contributed by atoms with Gasteiger partial charge in [-0.1, -0.05) is 19.4 Å². The molecule has 7 heteroatoms. The zero-order valence-electron chi connectivity index (χ0n) is 14.0. The van der Waals surface area contributed by atoms with Crippen LogP contribution in [0.25, 0.3) is 17.1 Å². The molecule has 0 radical (unpaired) electrons. The minimum absolute atomic E-state index is 0.114. The summed E-state index contributed by atoms with van der Waals surface area (Å²) < 4.78 is 7.92. The minimum Gasteiger partial charge on any atom is -0.458 e. The van der Waals surface area contributed by atoms with Gasteiger partial charge in [-0.05, 0) is 36.8 Å². The Hall–Kier alpha value is -2.93. The molecule has 2 N–H and O–H groups in total. The molecule has 0 saturated heterocycles. The van der Waals surface area contributed by atoms with E-state index in [0.29, 0.717) is 6.54 Å². The molecule has 0 aliphatic heterocycles. The number of hydrogen-bond acceptors (Lipinski definition) is 5. The summed E-state index contributed by atoms with van der Waals surface area (Å²) in [5.41, 5.74) is 1.74. The number of hydrogen-bond donors (Lipinski definition) is 2. The van der Waals surface area contributed by atoms with Crippen LogP contribution in [0.4, 0.5) is 0 Å². The SMILES string of the molecule is CCCC(NCc1ccc(-c2ccn[nH]2)o1)c1nnc2ccccn12. The lowest BCUT2D eigenvalue weighted by atomic mass is 10.1. The molecule has 25 heavy (non-hydrogen) atoms. The topological polar surface area (TPSA) is 84.0 Å². The third-order valence-corrected chi connectivity index (χ3v) is 4.18. The van der Waals surface area contributed by atoms with Crippen molar-refractivity contribution >= 4 is 5.65 Å². The van der Waals surface area contributed by atoms with Crippen LogP contribution >= 0.6 is 0 Å². The van der Waals surface area contributed by atoms with Crippen LogP contribution < -0.4 is 5.32 Å². The molecule has 0 amide bonds. The van der Waals surface area contributed by atoms with Crippen molar-refractivity contribution in [2.45, 2.75) is 32.4 Å². The van der Waals surface area contributed by atoms with Crippen LogP contribution in [0.1, 0.15) is 37.4 Å². The molecule has 7 nitrogen and oxygen atoms in total. The van der Waals surface area contributed by atoms with Gasteiger partial charge < -0.3 is 9.73 Å². The molecule has 4 aromatic heterocycles. The number of aromatic amines is 1. The molecule has 1 atom stereocenters. The first-order valence-corrected chi connectivity index (χ1v) is 8.46. The lowest BCUT2D eigenvalue weighted by Crippen LogP contribution is -2.22. The van der Waals surface area contributed by atoms with Crippen molar-refractivity contribution in [1.29, 1.82) is 0 Å². The van der Waals surface area contributed by atoms with Crippen molar-refractivity contribution in [3.05, 3.63) is 60.4 Å². The molecule has 0 aliphatic carbocycles. The third kappa shape index (κ3) is 3.18. The summed E-state index contributed by atoms with van der Waals surface area (Å²) in [4.78, 5) is 0. The van der Waals surface area contributed by atoms with Crippen molar-refractivity contribution in [1.82, 2.24) is 30.1 Å². The average Bonchev–Trinajstić information content (AvgIpc) is 3.38. The van der Waals surface area contributed by atoms with Gasteiger partial charge in [0.05, 0.1) is 12.6 Å². The van der Waals surface area contributed by atoms with Crippen molar-refractivity contribution in [2.75, 3.05) is 0 Å². The second kappa shape index (κ2) is 6.90. The van der Waals surface area contributed by atoms with Gasteiger partial charge in [-0.25, -0.2) is 0 Å². The molecule has 0 spiro atoms. The monoisotopic (exact) mass is 336 g/mol. The van der Waals surface area contributed by atoms with Gasteiger partial charge in [-0.2, -0.15) is 5.10 Å². The van der Waals surface area contributed by atoms with Crippen LogP contribution in [0.15, 0.2) is 53.2 Å². The quantitative estimate of drug-likeness (QED) is 0.541. The summed E-state index contributed by atoms with van der Waals surface area (Å²) >= 11 is 0. The Morgan fingerprint density at radius 1 is 1.20 bits per heavy atom. The molecular weight excluding hydrogens is 316 g/mol. The number of aromatic nitrogens is 5. The summed E-state index contributed by atoms with van der Waals surface area (Å²) in [5, 5.41) is 19.0.